The molecule has 0 bridgehead atoms. The van der Waals surface area contributed by atoms with E-state index in [1.54, 1.807) is 0 Å². The normalized spacial score (nSPS) is 10.9. The molecule has 0 aliphatic heterocycles. The van der Waals surface area contributed by atoms with Crippen molar-refractivity contribution in [2.75, 3.05) is 13.2 Å². The molecular formula is C7H13NO4. The highest BCUT2D eigenvalue weighted by Crippen LogP contribution is 2.01. The highest BCUT2D eigenvalue weighted by atomic mass is 16.3. The third kappa shape index (κ3) is 2.89. The van der Waals surface area contributed by atoms with Crippen LogP contribution in [0.25, 0.3) is 0 Å². The Kier molecular flexibility index (Phi) is 3.72. The first-order valence-electron chi connectivity index (χ1n) is 3.37. The summed E-state index contributed by atoms with van der Waals surface area (Å²) in [7, 11) is 0. The van der Waals surface area contributed by atoms with E-state index in [0.717, 1.165) is 0 Å². The van der Waals surface area contributed by atoms with Crippen LogP contribution < -0.4 is 5.32 Å². The standard InChI is InChI=1S/C7H13NO4/c1-5(11)6(12)8-7(2,3-9)4-10/h9-11H,1,3-4H2,2H3,(H,8,12). The van der Waals surface area contributed by atoms with Gasteiger partial charge in [-0.1, -0.05) is 6.58 Å². The molecule has 0 aromatic rings. The van der Waals surface area contributed by atoms with E-state index in [4.69, 9.17) is 15.3 Å². The smallest absolute Gasteiger partial charge is 0.286 e. The Morgan fingerprint density at radius 3 is 2.17 bits per heavy atom. The van der Waals surface area contributed by atoms with E-state index in [0.29, 0.717) is 0 Å². The second kappa shape index (κ2) is 4.08. The molecule has 0 saturated carbocycles. The number of aliphatic hydroxyl groups excluding tert-OH is 3. The van der Waals surface area contributed by atoms with Crippen molar-refractivity contribution >= 4 is 5.91 Å². The van der Waals surface area contributed by atoms with Gasteiger partial charge in [0.15, 0.2) is 5.76 Å². The molecular weight excluding hydrogens is 162 g/mol. The minimum atomic E-state index is -1.12. The molecule has 0 saturated heterocycles. The summed E-state index contributed by atoms with van der Waals surface area (Å²) >= 11 is 0. The number of carbonyl (C=O) groups excluding carboxylic acids is 1. The van der Waals surface area contributed by atoms with Gasteiger partial charge in [0.05, 0.1) is 18.8 Å². The van der Waals surface area contributed by atoms with E-state index >= 15 is 0 Å². The number of carbonyl (C=O) groups is 1. The molecule has 0 aliphatic rings. The van der Waals surface area contributed by atoms with Gasteiger partial charge in [-0.25, -0.2) is 0 Å². The molecule has 4 N–H and O–H groups in total. The van der Waals surface area contributed by atoms with Gasteiger partial charge in [0.25, 0.3) is 5.91 Å². The Hall–Kier alpha value is -1.07. The Balaban J connectivity index is 4.21. The van der Waals surface area contributed by atoms with Gasteiger partial charge in [-0.05, 0) is 6.92 Å². The van der Waals surface area contributed by atoms with Crippen LogP contribution in [-0.4, -0.2) is 40.0 Å². The van der Waals surface area contributed by atoms with Crippen LogP contribution in [0.2, 0.25) is 0 Å². The summed E-state index contributed by atoms with van der Waals surface area (Å²) in [6.07, 6.45) is 0. The summed E-state index contributed by atoms with van der Waals surface area (Å²) in [6, 6.07) is 0. The van der Waals surface area contributed by atoms with E-state index in [1.165, 1.54) is 6.92 Å². The summed E-state index contributed by atoms with van der Waals surface area (Å²) in [5.74, 6) is -1.45. The molecule has 70 valence electrons. The fourth-order valence-electron chi connectivity index (χ4n) is 0.475. The lowest BCUT2D eigenvalue weighted by atomic mass is 10.1. The Labute approximate surface area is 70.3 Å². The average molecular weight is 175 g/mol. The predicted molar refractivity (Wildman–Crippen MR) is 42.5 cm³/mol. The van der Waals surface area contributed by atoms with Gasteiger partial charge in [0.1, 0.15) is 0 Å². The van der Waals surface area contributed by atoms with Crippen molar-refractivity contribution in [2.24, 2.45) is 0 Å². The summed E-state index contributed by atoms with van der Waals surface area (Å²) in [5.41, 5.74) is -1.12. The number of hydrogen-bond acceptors (Lipinski definition) is 4. The Morgan fingerprint density at radius 2 is 1.92 bits per heavy atom. The van der Waals surface area contributed by atoms with Gasteiger partial charge in [-0.15, -0.1) is 0 Å². The largest absolute Gasteiger partial charge is 0.503 e. The third-order valence-electron chi connectivity index (χ3n) is 1.38. The molecule has 0 heterocycles. The van der Waals surface area contributed by atoms with Crippen LogP contribution >= 0.6 is 0 Å². The van der Waals surface area contributed by atoms with Gasteiger partial charge < -0.3 is 20.6 Å². The van der Waals surface area contributed by atoms with Crippen LogP contribution in [0.15, 0.2) is 12.3 Å². The molecule has 0 aromatic carbocycles. The second-order valence-electron chi connectivity index (χ2n) is 2.78. The monoisotopic (exact) mass is 175 g/mol. The molecule has 0 unspecified atom stereocenters. The minimum absolute atomic E-state index is 0.414. The minimum Gasteiger partial charge on any atom is -0.503 e. The van der Waals surface area contributed by atoms with E-state index in [9.17, 15) is 4.79 Å². The molecule has 5 heteroatoms. The average Bonchev–Trinajstić information content (AvgIpc) is 2.04. The molecule has 0 aromatic heterocycles. The number of rotatable bonds is 4. The number of hydrogen-bond donors (Lipinski definition) is 4. The quantitative estimate of drug-likeness (QED) is 0.323. The maximum Gasteiger partial charge on any atom is 0.286 e. The lowest BCUT2D eigenvalue weighted by Crippen LogP contribution is -2.52. The van der Waals surface area contributed by atoms with Gasteiger partial charge in [-0.2, -0.15) is 0 Å². The topological polar surface area (TPSA) is 89.8 Å². The number of nitrogens with one attached hydrogen (secondary N) is 1. The first kappa shape index (κ1) is 10.9. The number of aliphatic hydroxyl groups is 3. The SMILES string of the molecule is C=C(O)C(=O)NC(C)(CO)CO. The summed E-state index contributed by atoms with van der Waals surface area (Å²) in [5, 5.41) is 28.3. The molecule has 0 rings (SSSR count). The van der Waals surface area contributed by atoms with E-state index in [1.807, 2.05) is 0 Å². The van der Waals surface area contributed by atoms with Crippen LogP contribution in [0.5, 0.6) is 0 Å². The van der Waals surface area contributed by atoms with Crippen LogP contribution in [-0.2, 0) is 4.79 Å². The van der Waals surface area contributed by atoms with Gasteiger partial charge in [-0.3, -0.25) is 4.79 Å². The highest BCUT2D eigenvalue weighted by molar-refractivity contribution is 5.90. The van der Waals surface area contributed by atoms with Crippen LogP contribution in [0.3, 0.4) is 0 Å². The fraction of sp³-hybridized carbons (Fsp3) is 0.571. The molecule has 0 fully saturated rings. The zero-order valence-corrected chi connectivity index (χ0v) is 6.87. The van der Waals surface area contributed by atoms with Gasteiger partial charge in [0.2, 0.25) is 0 Å². The summed E-state index contributed by atoms with van der Waals surface area (Å²) < 4.78 is 0. The van der Waals surface area contributed by atoms with Crippen molar-refractivity contribution in [2.45, 2.75) is 12.5 Å². The molecule has 0 aliphatic carbocycles. The van der Waals surface area contributed by atoms with Crippen LogP contribution in [0, 0.1) is 0 Å². The number of amides is 1. The predicted octanol–water partition coefficient (Wildman–Crippen LogP) is -1.08. The molecule has 0 spiro atoms. The lowest BCUT2D eigenvalue weighted by molar-refractivity contribution is -0.122. The van der Waals surface area contributed by atoms with Crippen molar-refractivity contribution in [1.29, 1.82) is 0 Å². The highest BCUT2D eigenvalue weighted by Gasteiger charge is 2.25. The Bertz CT molecular complexity index is 186. The zero-order valence-electron chi connectivity index (χ0n) is 6.87. The molecule has 0 radical (unpaired) electrons. The van der Waals surface area contributed by atoms with Crippen molar-refractivity contribution in [3.05, 3.63) is 12.3 Å². The zero-order chi connectivity index (χ0) is 9.78. The van der Waals surface area contributed by atoms with Crippen molar-refractivity contribution in [1.82, 2.24) is 5.32 Å². The second-order valence-corrected chi connectivity index (χ2v) is 2.78. The summed E-state index contributed by atoms with van der Waals surface area (Å²) in [6.45, 7) is 3.60. The van der Waals surface area contributed by atoms with Crippen molar-refractivity contribution in [3.8, 4) is 0 Å². The molecule has 0 atom stereocenters. The van der Waals surface area contributed by atoms with Crippen LogP contribution in [0.4, 0.5) is 0 Å². The van der Waals surface area contributed by atoms with Crippen molar-refractivity contribution in [3.63, 3.8) is 0 Å². The summed E-state index contributed by atoms with van der Waals surface area (Å²) in [4.78, 5) is 10.8. The lowest BCUT2D eigenvalue weighted by Gasteiger charge is -2.25. The fourth-order valence-corrected chi connectivity index (χ4v) is 0.475. The van der Waals surface area contributed by atoms with E-state index in [-0.39, 0.29) is 0 Å². The molecule has 5 nitrogen and oxygen atoms in total. The van der Waals surface area contributed by atoms with Crippen LogP contribution in [0.1, 0.15) is 6.92 Å². The van der Waals surface area contributed by atoms with E-state index < -0.39 is 30.4 Å². The van der Waals surface area contributed by atoms with Gasteiger partial charge >= 0.3 is 0 Å². The maximum atomic E-state index is 10.8. The third-order valence-corrected chi connectivity index (χ3v) is 1.38. The van der Waals surface area contributed by atoms with E-state index in [2.05, 4.69) is 11.9 Å². The van der Waals surface area contributed by atoms with Crippen molar-refractivity contribution < 1.29 is 20.1 Å². The van der Waals surface area contributed by atoms with Gasteiger partial charge in [0, 0.05) is 0 Å². The molecule has 1 amide bonds. The first-order chi connectivity index (χ1) is 5.45. The maximum absolute atomic E-state index is 10.8. The first-order valence-corrected chi connectivity index (χ1v) is 3.37. The Morgan fingerprint density at radius 1 is 1.50 bits per heavy atom. The molecule has 12 heavy (non-hydrogen) atoms.